The molecule has 1 aromatic heterocycles. The monoisotopic (exact) mass is 287 g/mol. The fourth-order valence-corrected chi connectivity index (χ4v) is 2.05. The first-order chi connectivity index (χ1) is 9.04. The van der Waals surface area contributed by atoms with Crippen LogP contribution in [0, 0.1) is 11.6 Å². The highest BCUT2D eigenvalue weighted by Crippen LogP contribution is 2.23. The van der Waals surface area contributed by atoms with Gasteiger partial charge in [-0.15, -0.1) is 11.8 Å². The van der Waals surface area contributed by atoms with E-state index in [4.69, 9.17) is 4.74 Å². The lowest BCUT2D eigenvalue weighted by Crippen LogP contribution is -2.09. The normalized spacial score (nSPS) is 12.4. The second-order valence-electron chi connectivity index (χ2n) is 3.70. The molecule has 1 heterocycles. The molecule has 2 N–H and O–H groups in total. The van der Waals surface area contributed by atoms with Crippen LogP contribution in [0.25, 0.3) is 0 Å². The molecule has 2 rings (SSSR count). The van der Waals surface area contributed by atoms with Crippen molar-refractivity contribution in [3.63, 3.8) is 0 Å². The highest BCUT2D eigenvalue weighted by molar-refractivity contribution is 7.98. The maximum atomic E-state index is 13.3. The predicted molar refractivity (Wildman–Crippen MR) is 67.0 cm³/mol. The van der Waals surface area contributed by atoms with Crippen LogP contribution in [0.4, 0.5) is 8.78 Å². The molecule has 0 aliphatic heterocycles. The SMILES string of the molecule is CC(Oc1cc(F)ccc1F)SCc1n[nH]c(=O)[nH]1. The highest BCUT2D eigenvalue weighted by atomic mass is 32.2. The summed E-state index contributed by atoms with van der Waals surface area (Å²) in [5.74, 6) is -0.482. The summed E-state index contributed by atoms with van der Waals surface area (Å²) in [7, 11) is 0. The van der Waals surface area contributed by atoms with E-state index in [0.29, 0.717) is 11.6 Å². The molecule has 1 aromatic carbocycles. The van der Waals surface area contributed by atoms with E-state index < -0.39 is 17.1 Å². The van der Waals surface area contributed by atoms with Crippen molar-refractivity contribution in [2.45, 2.75) is 18.1 Å². The lowest BCUT2D eigenvalue weighted by Gasteiger charge is -2.14. The van der Waals surface area contributed by atoms with Crippen molar-refractivity contribution in [3.8, 4) is 5.75 Å². The number of nitrogens with one attached hydrogen (secondary N) is 2. The fraction of sp³-hybridized carbons (Fsp3) is 0.273. The third-order valence-corrected chi connectivity index (χ3v) is 3.20. The maximum Gasteiger partial charge on any atom is 0.340 e. The Morgan fingerprint density at radius 3 is 2.95 bits per heavy atom. The first kappa shape index (κ1) is 13.6. The summed E-state index contributed by atoms with van der Waals surface area (Å²) in [5.41, 5.74) is -0.808. The molecule has 5 nitrogen and oxygen atoms in total. The number of rotatable bonds is 5. The summed E-state index contributed by atoms with van der Waals surface area (Å²) in [6, 6.07) is 3.02. The molecule has 0 saturated heterocycles. The Balaban J connectivity index is 1.92. The van der Waals surface area contributed by atoms with E-state index in [1.54, 1.807) is 6.92 Å². The average molecular weight is 287 g/mol. The maximum absolute atomic E-state index is 13.3. The van der Waals surface area contributed by atoms with Gasteiger partial charge in [-0.1, -0.05) is 0 Å². The summed E-state index contributed by atoms with van der Waals surface area (Å²) in [4.78, 5) is 13.3. The van der Waals surface area contributed by atoms with Gasteiger partial charge in [0.2, 0.25) is 0 Å². The van der Waals surface area contributed by atoms with Crippen molar-refractivity contribution < 1.29 is 13.5 Å². The number of H-pyrrole nitrogens is 2. The zero-order chi connectivity index (χ0) is 13.8. The van der Waals surface area contributed by atoms with Gasteiger partial charge < -0.3 is 4.74 Å². The first-order valence-corrected chi connectivity index (χ1v) is 6.46. The minimum atomic E-state index is -0.623. The van der Waals surface area contributed by atoms with Gasteiger partial charge in [-0.25, -0.2) is 18.7 Å². The van der Waals surface area contributed by atoms with Gasteiger partial charge in [-0.2, -0.15) is 5.10 Å². The number of hydrogen-bond donors (Lipinski definition) is 2. The summed E-state index contributed by atoms with van der Waals surface area (Å²) in [6.45, 7) is 1.69. The molecule has 0 amide bonds. The molecule has 8 heteroatoms. The molecule has 19 heavy (non-hydrogen) atoms. The van der Waals surface area contributed by atoms with Crippen LogP contribution < -0.4 is 10.4 Å². The fourth-order valence-electron chi connectivity index (χ4n) is 1.35. The van der Waals surface area contributed by atoms with E-state index in [1.807, 2.05) is 0 Å². The molecule has 0 fully saturated rings. The van der Waals surface area contributed by atoms with Gasteiger partial charge in [0.15, 0.2) is 11.6 Å². The molecule has 1 atom stereocenters. The highest BCUT2D eigenvalue weighted by Gasteiger charge is 2.11. The lowest BCUT2D eigenvalue weighted by atomic mass is 10.3. The van der Waals surface area contributed by atoms with Crippen molar-refractivity contribution in [2.24, 2.45) is 0 Å². The summed E-state index contributed by atoms with van der Waals surface area (Å²) >= 11 is 1.29. The average Bonchev–Trinajstić information content (AvgIpc) is 2.77. The number of halogens is 2. The largest absolute Gasteiger partial charge is 0.477 e. The smallest absolute Gasteiger partial charge is 0.340 e. The van der Waals surface area contributed by atoms with E-state index in [9.17, 15) is 13.6 Å². The van der Waals surface area contributed by atoms with Crippen LogP contribution in [-0.2, 0) is 5.75 Å². The van der Waals surface area contributed by atoms with Crippen LogP contribution in [-0.4, -0.2) is 20.6 Å². The number of ether oxygens (including phenoxy) is 1. The summed E-state index contributed by atoms with van der Waals surface area (Å²) in [5, 5.41) is 5.96. The van der Waals surface area contributed by atoms with Gasteiger partial charge in [0.1, 0.15) is 17.1 Å². The van der Waals surface area contributed by atoms with Gasteiger partial charge in [-0.3, -0.25) is 4.98 Å². The van der Waals surface area contributed by atoms with E-state index in [0.717, 1.165) is 18.2 Å². The molecule has 0 bridgehead atoms. The van der Waals surface area contributed by atoms with E-state index in [1.165, 1.54) is 11.8 Å². The summed E-state index contributed by atoms with van der Waals surface area (Å²) < 4.78 is 31.5. The third-order valence-electron chi connectivity index (χ3n) is 2.19. The van der Waals surface area contributed by atoms with Crippen molar-refractivity contribution in [2.75, 3.05) is 0 Å². The molecular formula is C11H11F2N3O2S. The van der Waals surface area contributed by atoms with Crippen LogP contribution in [0.2, 0.25) is 0 Å². The van der Waals surface area contributed by atoms with Crippen LogP contribution in [0.1, 0.15) is 12.7 Å². The molecular weight excluding hydrogens is 276 g/mol. The Bertz CT molecular complexity index is 614. The standard InChI is InChI=1S/C11H11F2N3O2S/c1-6(19-5-10-14-11(17)16-15-10)18-9-4-7(12)2-3-8(9)13/h2-4,6H,5H2,1H3,(H2,14,15,16,17). The van der Waals surface area contributed by atoms with Gasteiger partial charge >= 0.3 is 5.69 Å². The lowest BCUT2D eigenvalue weighted by molar-refractivity contribution is 0.290. The second kappa shape index (κ2) is 5.87. The number of aromatic amines is 2. The van der Waals surface area contributed by atoms with Crippen LogP contribution in [0.5, 0.6) is 5.75 Å². The molecule has 0 spiro atoms. The zero-order valence-electron chi connectivity index (χ0n) is 9.94. The van der Waals surface area contributed by atoms with E-state index in [2.05, 4.69) is 15.2 Å². The summed E-state index contributed by atoms with van der Waals surface area (Å²) in [6.07, 6.45) is 0. The van der Waals surface area contributed by atoms with Gasteiger partial charge in [-0.05, 0) is 19.1 Å². The molecule has 0 aliphatic rings. The van der Waals surface area contributed by atoms with Gasteiger partial charge in [0, 0.05) is 6.07 Å². The Hall–Kier alpha value is -1.83. The minimum absolute atomic E-state index is 0.143. The van der Waals surface area contributed by atoms with Crippen molar-refractivity contribution in [3.05, 3.63) is 46.1 Å². The molecule has 2 aromatic rings. The molecule has 102 valence electrons. The molecule has 0 saturated carbocycles. The first-order valence-electron chi connectivity index (χ1n) is 5.41. The van der Waals surface area contributed by atoms with Gasteiger partial charge in [0.25, 0.3) is 0 Å². The van der Waals surface area contributed by atoms with Gasteiger partial charge in [0.05, 0.1) is 5.75 Å². The second-order valence-corrected chi connectivity index (χ2v) is 4.98. The van der Waals surface area contributed by atoms with Crippen molar-refractivity contribution >= 4 is 11.8 Å². The number of hydrogen-bond acceptors (Lipinski definition) is 4. The Kier molecular flexibility index (Phi) is 4.20. The quantitative estimate of drug-likeness (QED) is 0.826. The number of benzene rings is 1. The molecule has 0 radical (unpaired) electrons. The molecule has 1 unspecified atom stereocenters. The third kappa shape index (κ3) is 3.82. The topological polar surface area (TPSA) is 70.8 Å². The van der Waals surface area contributed by atoms with E-state index >= 15 is 0 Å². The van der Waals surface area contributed by atoms with Crippen LogP contribution >= 0.6 is 11.8 Å². The van der Waals surface area contributed by atoms with Crippen molar-refractivity contribution in [1.82, 2.24) is 15.2 Å². The zero-order valence-corrected chi connectivity index (χ0v) is 10.8. The molecule has 0 aliphatic carbocycles. The number of nitrogens with zero attached hydrogens (tertiary/aromatic N) is 1. The number of thioether (sulfide) groups is 1. The Morgan fingerprint density at radius 2 is 2.26 bits per heavy atom. The van der Waals surface area contributed by atoms with Crippen molar-refractivity contribution in [1.29, 1.82) is 0 Å². The Labute approximate surface area is 111 Å². The van der Waals surface area contributed by atoms with E-state index in [-0.39, 0.29) is 11.4 Å². The minimum Gasteiger partial charge on any atom is -0.477 e. The van der Waals surface area contributed by atoms with Crippen LogP contribution in [0.15, 0.2) is 23.0 Å². The predicted octanol–water partition coefficient (Wildman–Crippen LogP) is 2.03. The van der Waals surface area contributed by atoms with Crippen LogP contribution in [0.3, 0.4) is 0 Å². The number of aromatic nitrogens is 3. The Morgan fingerprint density at radius 1 is 1.47 bits per heavy atom.